The van der Waals surface area contributed by atoms with Gasteiger partial charge in [-0.3, -0.25) is 9.59 Å². The predicted molar refractivity (Wildman–Crippen MR) is 129 cm³/mol. The normalized spacial score (nSPS) is 16.3. The van der Waals surface area contributed by atoms with Crippen LogP contribution in [-0.4, -0.2) is 48.7 Å². The number of benzene rings is 2. The van der Waals surface area contributed by atoms with Crippen molar-refractivity contribution in [1.29, 1.82) is 0 Å². The molecule has 0 saturated heterocycles. The summed E-state index contributed by atoms with van der Waals surface area (Å²) in [7, 11) is 0. The van der Waals surface area contributed by atoms with Crippen molar-refractivity contribution in [1.82, 2.24) is 25.2 Å². The van der Waals surface area contributed by atoms with Gasteiger partial charge in [-0.25, -0.2) is 23.1 Å². The Morgan fingerprint density at radius 2 is 1.87 bits per heavy atom. The van der Waals surface area contributed by atoms with Crippen molar-refractivity contribution in [3.8, 4) is 0 Å². The number of nitrogens with one attached hydrogen (secondary N) is 2. The molecule has 10 nitrogen and oxygen atoms in total. The molecule has 2 aromatic carbocycles. The van der Waals surface area contributed by atoms with Crippen LogP contribution in [0.3, 0.4) is 0 Å². The second kappa shape index (κ2) is 9.80. The van der Waals surface area contributed by atoms with Gasteiger partial charge in [0, 0.05) is 19.0 Å². The van der Waals surface area contributed by atoms with E-state index >= 15 is 0 Å². The van der Waals surface area contributed by atoms with Gasteiger partial charge in [-0.15, -0.1) is 0 Å². The van der Waals surface area contributed by atoms with Crippen LogP contribution in [0.25, 0.3) is 5.65 Å². The number of fused-ring (bicyclic) bond motifs is 2. The molecule has 1 aliphatic carbocycles. The summed E-state index contributed by atoms with van der Waals surface area (Å²) >= 11 is 5.77. The number of aliphatic hydroxyl groups excluding tert-OH is 1. The topological polar surface area (TPSA) is 146 Å². The number of aliphatic hydroxyl groups is 1. The van der Waals surface area contributed by atoms with Crippen molar-refractivity contribution in [2.45, 2.75) is 25.1 Å². The van der Waals surface area contributed by atoms with E-state index in [0.29, 0.717) is 16.7 Å². The SMILES string of the molecule is O=C(O)c1ccc2c(c1)C[C@@H](O)[C@@H]2NC(=O)c1cc(C(=O)NCc2ccc(F)c(Cl)c2)nc2c(F)cnn12. The lowest BCUT2D eigenvalue weighted by Gasteiger charge is -2.18. The van der Waals surface area contributed by atoms with Gasteiger partial charge in [0.2, 0.25) is 0 Å². The van der Waals surface area contributed by atoms with Crippen LogP contribution in [0.2, 0.25) is 5.02 Å². The van der Waals surface area contributed by atoms with Gasteiger partial charge in [0.25, 0.3) is 11.8 Å². The Balaban J connectivity index is 1.41. The van der Waals surface area contributed by atoms with Crippen molar-refractivity contribution in [3.63, 3.8) is 0 Å². The lowest BCUT2D eigenvalue weighted by Crippen LogP contribution is -2.35. The van der Waals surface area contributed by atoms with Gasteiger partial charge in [0.05, 0.1) is 28.9 Å². The summed E-state index contributed by atoms with van der Waals surface area (Å²) in [6, 6.07) is 8.46. The van der Waals surface area contributed by atoms with Crippen LogP contribution in [0.4, 0.5) is 8.78 Å². The number of amides is 2. The molecule has 0 fully saturated rings. The third-order valence-corrected chi connectivity index (χ3v) is 6.45. The molecule has 0 bridgehead atoms. The molecule has 194 valence electrons. The van der Waals surface area contributed by atoms with Gasteiger partial charge in [0.1, 0.15) is 17.2 Å². The number of nitrogens with zero attached hydrogens (tertiary/aromatic N) is 3. The van der Waals surface area contributed by atoms with Gasteiger partial charge in [-0.2, -0.15) is 5.10 Å². The average molecular weight is 542 g/mol. The minimum atomic E-state index is -1.12. The van der Waals surface area contributed by atoms with E-state index in [2.05, 4.69) is 20.7 Å². The molecule has 0 aliphatic heterocycles. The van der Waals surface area contributed by atoms with Gasteiger partial charge < -0.3 is 20.8 Å². The number of carbonyl (C=O) groups excluding carboxylic acids is 2. The van der Waals surface area contributed by atoms with Crippen LogP contribution in [0.5, 0.6) is 0 Å². The highest BCUT2D eigenvalue weighted by Gasteiger charge is 2.34. The summed E-state index contributed by atoms with van der Waals surface area (Å²) in [5.74, 6) is -4.12. The molecule has 2 aromatic heterocycles. The molecule has 1 aliphatic rings. The Kier molecular flexibility index (Phi) is 6.51. The van der Waals surface area contributed by atoms with Crippen LogP contribution in [-0.2, 0) is 13.0 Å². The van der Waals surface area contributed by atoms with Crippen molar-refractivity contribution in [3.05, 3.63) is 99.0 Å². The minimum absolute atomic E-state index is 0.0433. The smallest absolute Gasteiger partial charge is 0.335 e. The Morgan fingerprint density at radius 3 is 2.61 bits per heavy atom. The molecule has 0 unspecified atom stereocenters. The maximum absolute atomic E-state index is 14.4. The van der Waals surface area contributed by atoms with Crippen LogP contribution in [0, 0.1) is 11.6 Å². The molecule has 2 heterocycles. The maximum Gasteiger partial charge on any atom is 0.335 e. The van der Waals surface area contributed by atoms with Crippen LogP contribution < -0.4 is 10.6 Å². The molecule has 38 heavy (non-hydrogen) atoms. The number of carboxylic acids is 1. The Hall–Kier alpha value is -4.42. The van der Waals surface area contributed by atoms with Crippen molar-refractivity contribution >= 4 is 35.0 Å². The first-order chi connectivity index (χ1) is 18.1. The van der Waals surface area contributed by atoms with E-state index in [1.165, 1.54) is 30.3 Å². The van der Waals surface area contributed by atoms with E-state index in [9.17, 15) is 33.4 Å². The van der Waals surface area contributed by atoms with Gasteiger partial charge >= 0.3 is 5.97 Å². The summed E-state index contributed by atoms with van der Waals surface area (Å²) < 4.78 is 28.7. The fourth-order valence-corrected chi connectivity index (χ4v) is 4.50. The first-order valence-corrected chi connectivity index (χ1v) is 11.6. The number of aromatic carboxylic acids is 1. The largest absolute Gasteiger partial charge is 0.478 e. The molecule has 0 saturated carbocycles. The molecular weight excluding hydrogens is 524 g/mol. The summed E-state index contributed by atoms with van der Waals surface area (Å²) in [5, 5.41) is 28.7. The first kappa shape index (κ1) is 25.2. The third-order valence-electron chi connectivity index (χ3n) is 6.16. The lowest BCUT2D eigenvalue weighted by molar-refractivity contribution is 0.0696. The van der Waals surface area contributed by atoms with Gasteiger partial charge in [-0.1, -0.05) is 23.7 Å². The number of carboxylic acid groups (broad SMARTS) is 1. The van der Waals surface area contributed by atoms with E-state index in [4.69, 9.17) is 11.6 Å². The van der Waals surface area contributed by atoms with E-state index < -0.39 is 41.6 Å². The highest BCUT2D eigenvalue weighted by atomic mass is 35.5. The zero-order valence-electron chi connectivity index (χ0n) is 19.3. The highest BCUT2D eigenvalue weighted by molar-refractivity contribution is 6.30. The number of hydrogen-bond donors (Lipinski definition) is 4. The Bertz CT molecular complexity index is 1630. The second-order valence-corrected chi connectivity index (χ2v) is 9.03. The zero-order valence-corrected chi connectivity index (χ0v) is 20.0. The van der Waals surface area contributed by atoms with E-state index in [0.717, 1.165) is 22.8 Å². The highest BCUT2D eigenvalue weighted by Crippen LogP contribution is 2.32. The summed E-state index contributed by atoms with van der Waals surface area (Å²) in [5.41, 5.74) is 0.762. The van der Waals surface area contributed by atoms with Crippen molar-refractivity contribution in [2.75, 3.05) is 0 Å². The molecule has 0 radical (unpaired) electrons. The monoisotopic (exact) mass is 541 g/mol. The van der Waals surface area contributed by atoms with E-state index in [-0.39, 0.29) is 40.6 Å². The third kappa shape index (κ3) is 4.66. The van der Waals surface area contributed by atoms with Crippen molar-refractivity contribution in [2.24, 2.45) is 0 Å². The van der Waals surface area contributed by atoms with Crippen LogP contribution in [0.1, 0.15) is 54.1 Å². The van der Waals surface area contributed by atoms with Crippen LogP contribution in [0.15, 0.2) is 48.7 Å². The van der Waals surface area contributed by atoms with Gasteiger partial charge in [0.15, 0.2) is 11.5 Å². The lowest BCUT2D eigenvalue weighted by atomic mass is 10.0. The maximum atomic E-state index is 14.4. The first-order valence-electron chi connectivity index (χ1n) is 11.2. The fraction of sp³-hybridized carbons (Fsp3) is 0.160. The molecular formula is C25H18ClF2N5O5. The number of rotatable bonds is 6. The minimum Gasteiger partial charge on any atom is -0.478 e. The van der Waals surface area contributed by atoms with Crippen molar-refractivity contribution < 1.29 is 33.4 Å². The average Bonchev–Trinajstić information content (AvgIpc) is 3.42. The number of carbonyl (C=O) groups is 3. The number of aromatic nitrogens is 3. The molecule has 5 rings (SSSR count). The zero-order chi connectivity index (χ0) is 27.1. The summed E-state index contributed by atoms with van der Waals surface area (Å²) in [6.45, 7) is -0.0433. The molecule has 13 heteroatoms. The predicted octanol–water partition coefficient (Wildman–Crippen LogP) is 2.68. The second-order valence-electron chi connectivity index (χ2n) is 8.63. The van der Waals surface area contributed by atoms with Gasteiger partial charge in [-0.05, 0) is 41.0 Å². The van der Waals surface area contributed by atoms with E-state index in [1.54, 1.807) is 0 Å². The quantitative estimate of drug-likeness (QED) is 0.293. The molecule has 4 aromatic rings. The molecule has 0 spiro atoms. The summed E-state index contributed by atoms with van der Waals surface area (Å²) in [6.07, 6.45) is -0.0889. The number of halogens is 3. The Morgan fingerprint density at radius 1 is 1.08 bits per heavy atom. The Labute approximate surface area is 217 Å². The molecule has 4 N–H and O–H groups in total. The van der Waals surface area contributed by atoms with Crippen LogP contribution >= 0.6 is 11.6 Å². The molecule has 2 amide bonds. The molecule has 2 atom stereocenters. The fourth-order valence-electron chi connectivity index (χ4n) is 4.30. The summed E-state index contributed by atoms with van der Waals surface area (Å²) in [4.78, 5) is 41.3. The standard InChI is InChI=1S/C25H18ClF2N5O5/c26-15-5-11(1-4-16(15)27)9-29-23(35)18-8-19(33-22(31-18)17(28)10-30-33)24(36)32-21-14-3-2-12(25(37)38)6-13(14)7-20(21)34/h1-6,8,10,20-21,34H,7,9H2,(H,29,35)(H,32,36)(H,37,38)/t20-,21-/m1/s1. The van der Waals surface area contributed by atoms with E-state index in [1.807, 2.05) is 0 Å². The number of hydrogen-bond acceptors (Lipinski definition) is 6.